The second-order valence-corrected chi connectivity index (χ2v) is 6.28. The minimum absolute atomic E-state index is 0.186. The number of ether oxygens (including phenoxy) is 1. The van der Waals surface area contributed by atoms with Gasteiger partial charge in [-0.25, -0.2) is 0 Å². The summed E-state index contributed by atoms with van der Waals surface area (Å²) in [6.45, 7) is 1.27. The molecule has 140 valence electrons. The van der Waals surface area contributed by atoms with E-state index in [0.29, 0.717) is 5.89 Å². The highest BCUT2D eigenvalue weighted by molar-refractivity contribution is 6.22. The van der Waals surface area contributed by atoms with Gasteiger partial charge in [-0.05, 0) is 31.2 Å². The smallest absolute Gasteiger partial charge is 0.326 e. The lowest BCUT2D eigenvalue weighted by molar-refractivity contribution is -0.145. The Hall–Kier alpha value is -3.81. The van der Waals surface area contributed by atoms with Crippen molar-refractivity contribution in [2.75, 3.05) is 6.54 Å². The minimum atomic E-state index is -0.740. The predicted octanol–water partition coefficient (Wildman–Crippen LogP) is 2.38. The van der Waals surface area contributed by atoms with E-state index in [1.54, 1.807) is 24.3 Å². The zero-order valence-electron chi connectivity index (χ0n) is 14.9. The predicted molar refractivity (Wildman–Crippen MR) is 96.1 cm³/mol. The molecule has 28 heavy (non-hydrogen) atoms. The van der Waals surface area contributed by atoms with E-state index >= 15 is 0 Å². The molecule has 0 radical (unpaired) electrons. The van der Waals surface area contributed by atoms with Crippen LogP contribution in [0.25, 0.3) is 11.5 Å². The molecule has 0 spiro atoms. The molecular formula is C20H15N3O5. The van der Waals surface area contributed by atoms with Crippen LogP contribution in [0.15, 0.2) is 53.1 Å². The van der Waals surface area contributed by atoms with Crippen LogP contribution in [-0.2, 0) is 16.1 Å². The molecule has 0 aliphatic carbocycles. The summed E-state index contributed by atoms with van der Waals surface area (Å²) in [5.41, 5.74) is 2.41. The summed E-state index contributed by atoms with van der Waals surface area (Å²) in [5, 5.41) is 3.77. The first-order chi connectivity index (χ1) is 13.5. The van der Waals surface area contributed by atoms with Crippen molar-refractivity contribution in [3.05, 3.63) is 71.0 Å². The van der Waals surface area contributed by atoms with Crippen LogP contribution < -0.4 is 0 Å². The van der Waals surface area contributed by atoms with Gasteiger partial charge in [-0.15, -0.1) is 0 Å². The first-order valence-electron chi connectivity index (χ1n) is 8.53. The van der Waals surface area contributed by atoms with Crippen LogP contribution in [0.1, 0.15) is 32.1 Å². The number of carbonyl (C=O) groups is 3. The summed E-state index contributed by atoms with van der Waals surface area (Å²) >= 11 is 0. The first-order valence-corrected chi connectivity index (χ1v) is 8.53. The number of amides is 2. The van der Waals surface area contributed by atoms with E-state index in [2.05, 4.69) is 10.1 Å². The molecule has 0 bridgehead atoms. The quantitative estimate of drug-likeness (QED) is 0.497. The number of benzene rings is 2. The highest BCUT2D eigenvalue weighted by Crippen LogP contribution is 2.22. The molecular weight excluding hydrogens is 362 g/mol. The van der Waals surface area contributed by atoms with Crippen molar-refractivity contribution in [2.24, 2.45) is 0 Å². The van der Waals surface area contributed by atoms with Crippen LogP contribution in [-0.4, -0.2) is 39.4 Å². The second kappa shape index (κ2) is 7.07. The van der Waals surface area contributed by atoms with Crippen molar-refractivity contribution in [3.63, 3.8) is 0 Å². The Kier molecular flexibility index (Phi) is 4.44. The number of hydrogen-bond acceptors (Lipinski definition) is 7. The molecule has 8 heteroatoms. The topological polar surface area (TPSA) is 103 Å². The third-order valence-electron chi connectivity index (χ3n) is 4.29. The largest absolute Gasteiger partial charge is 0.456 e. The van der Waals surface area contributed by atoms with E-state index in [-0.39, 0.29) is 23.6 Å². The number of hydrogen-bond donors (Lipinski definition) is 0. The molecule has 0 fully saturated rings. The molecule has 8 nitrogen and oxygen atoms in total. The third kappa shape index (κ3) is 3.27. The van der Waals surface area contributed by atoms with Gasteiger partial charge in [-0.2, -0.15) is 4.98 Å². The molecule has 0 N–H and O–H groups in total. The molecule has 1 aliphatic rings. The molecule has 2 aromatic carbocycles. The van der Waals surface area contributed by atoms with E-state index in [9.17, 15) is 14.4 Å². The first kappa shape index (κ1) is 17.6. The molecule has 1 aromatic heterocycles. The standard InChI is InChI=1S/C20H15N3O5/c1-12-6-8-13(9-7-12)18-21-16(22-28-18)11-27-17(24)10-23-19(25)14-4-2-3-5-15(14)20(23)26/h2-9H,10-11H2,1H3. The van der Waals surface area contributed by atoms with Crippen molar-refractivity contribution < 1.29 is 23.6 Å². The Balaban J connectivity index is 1.36. The molecule has 1 aliphatic heterocycles. The molecule has 4 rings (SSSR count). The Morgan fingerprint density at radius 3 is 2.32 bits per heavy atom. The van der Waals surface area contributed by atoms with Gasteiger partial charge in [0, 0.05) is 5.56 Å². The maximum Gasteiger partial charge on any atom is 0.326 e. The SMILES string of the molecule is Cc1ccc(-c2nc(COC(=O)CN3C(=O)c4ccccc4C3=O)no2)cc1. The number of nitrogens with zero attached hydrogens (tertiary/aromatic N) is 3. The number of rotatable bonds is 5. The average Bonchev–Trinajstić information content (AvgIpc) is 3.27. The van der Waals surface area contributed by atoms with Crippen LogP contribution >= 0.6 is 0 Å². The van der Waals surface area contributed by atoms with Crippen molar-refractivity contribution in [2.45, 2.75) is 13.5 Å². The number of aryl methyl sites for hydroxylation is 1. The summed E-state index contributed by atoms with van der Waals surface area (Å²) < 4.78 is 10.2. The Bertz CT molecular complexity index is 1040. The van der Waals surface area contributed by atoms with Crippen molar-refractivity contribution in [1.29, 1.82) is 0 Å². The normalized spacial score (nSPS) is 13.0. The number of carbonyl (C=O) groups excluding carboxylic acids is 3. The summed E-state index contributed by atoms with van der Waals surface area (Å²) in [7, 11) is 0. The van der Waals surface area contributed by atoms with E-state index in [4.69, 9.17) is 9.26 Å². The highest BCUT2D eigenvalue weighted by Gasteiger charge is 2.36. The Morgan fingerprint density at radius 1 is 1.04 bits per heavy atom. The number of esters is 1. The van der Waals surface area contributed by atoms with Crippen LogP contribution in [0.2, 0.25) is 0 Å². The lowest BCUT2D eigenvalue weighted by Gasteiger charge is -2.12. The summed E-state index contributed by atoms with van der Waals surface area (Å²) in [5.74, 6) is -1.27. The lowest BCUT2D eigenvalue weighted by atomic mass is 10.1. The van der Waals surface area contributed by atoms with E-state index in [1.807, 2.05) is 31.2 Å². The summed E-state index contributed by atoms with van der Waals surface area (Å²) in [6, 6.07) is 13.9. The van der Waals surface area contributed by atoms with Crippen LogP contribution in [0.4, 0.5) is 0 Å². The maximum atomic E-state index is 12.3. The van der Waals surface area contributed by atoms with Crippen LogP contribution in [0.3, 0.4) is 0 Å². The van der Waals surface area contributed by atoms with Gasteiger partial charge in [0.2, 0.25) is 5.82 Å². The van der Waals surface area contributed by atoms with E-state index in [0.717, 1.165) is 16.0 Å². The second-order valence-electron chi connectivity index (χ2n) is 6.28. The number of fused-ring (bicyclic) bond motifs is 1. The van der Waals surface area contributed by atoms with Gasteiger partial charge < -0.3 is 9.26 Å². The van der Waals surface area contributed by atoms with Crippen LogP contribution in [0, 0.1) is 6.92 Å². The monoisotopic (exact) mass is 377 g/mol. The van der Waals surface area contributed by atoms with E-state index in [1.165, 1.54) is 0 Å². The fraction of sp³-hybridized carbons (Fsp3) is 0.150. The van der Waals surface area contributed by atoms with Crippen LogP contribution in [0.5, 0.6) is 0 Å². The van der Waals surface area contributed by atoms with Crippen molar-refractivity contribution in [3.8, 4) is 11.5 Å². The maximum absolute atomic E-state index is 12.3. The number of imide groups is 1. The van der Waals surface area contributed by atoms with Gasteiger partial charge in [0.15, 0.2) is 6.61 Å². The fourth-order valence-corrected chi connectivity index (χ4v) is 2.83. The zero-order chi connectivity index (χ0) is 19.7. The molecule has 0 atom stereocenters. The zero-order valence-corrected chi connectivity index (χ0v) is 14.9. The van der Waals surface area contributed by atoms with E-state index < -0.39 is 24.3 Å². The molecule has 2 heterocycles. The Labute approximate surface area is 159 Å². The average molecular weight is 377 g/mol. The van der Waals surface area contributed by atoms with Gasteiger partial charge in [-0.3, -0.25) is 19.3 Å². The molecule has 2 amide bonds. The summed E-state index contributed by atoms with van der Waals surface area (Å²) in [6.07, 6.45) is 0. The fourth-order valence-electron chi connectivity index (χ4n) is 2.83. The lowest BCUT2D eigenvalue weighted by Crippen LogP contribution is -2.35. The number of aromatic nitrogens is 2. The van der Waals surface area contributed by atoms with Gasteiger partial charge >= 0.3 is 5.97 Å². The molecule has 0 saturated heterocycles. The van der Waals surface area contributed by atoms with Gasteiger partial charge in [0.1, 0.15) is 6.54 Å². The Morgan fingerprint density at radius 2 is 1.68 bits per heavy atom. The minimum Gasteiger partial charge on any atom is -0.456 e. The highest BCUT2D eigenvalue weighted by atomic mass is 16.5. The van der Waals surface area contributed by atoms with Gasteiger partial charge in [-0.1, -0.05) is 35.0 Å². The summed E-state index contributed by atoms with van der Waals surface area (Å²) in [4.78, 5) is 41.6. The van der Waals surface area contributed by atoms with Gasteiger partial charge in [0.05, 0.1) is 11.1 Å². The molecule has 3 aromatic rings. The van der Waals surface area contributed by atoms with Crippen molar-refractivity contribution in [1.82, 2.24) is 15.0 Å². The van der Waals surface area contributed by atoms with Gasteiger partial charge in [0.25, 0.3) is 17.7 Å². The molecule has 0 unspecified atom stereocenters. The molecule has 0 saturated carbocycles. The third-order valence-corrected chi connectivity index (χ3v) is 4.29. The van der Waals surface area contributed by atoms with Crippen molar-refractivity contribution >= 4 is 17.8 Å².